The van der Waals surface area contributed by atoms with Crippen molar-refractivity contribution in [3.8, 4) is 0 Å². The molecule has 1 heterocycles. The minimum Gasteiger partial charge on any atom is -0.379 e. The topological polar surface area (TPSA) is 12.5 Å². The molecule has 144 valence electrons. The highest BCUT2D eigenvalue weighted by atomic mass is 16.5. The van der Waals surface area contributed by atoms with Crippen LogP contribution in [0.5, 0.6) is 0 Å². The molecule has 0 bridgehead atoms. The van der Waals surface area contributed by atoms with E-state index in [1.54, 1.807) is 0 Å². The van der Waals surface area contributed by atoms with E-state index in [0.717, 1.165) is 39.1 Å². The fourth-order valence-electron chi connectivity index (χ4n) is 3.72. The molecule has 0 aliphatic carbocycles. The molecule has 0 atom stereocenters. The van der Waals surface area contributed by atoms with Gasteiger partial charge in [-0.1, -0.05) is 66.7 Å². The second-order valence-electron chi connectivity index (χ2n) is 7.38. The SMILES string of the molecule is C(CCCCN1CCOCC1)=C(CCCc1ccccc1)c1ccccc1. The van der Waals surface area contributed by atoms with Crippen LogP contribution >= 0.6 is 0 Å². The Bertz CT molecular complexity index is 659. The molecule has 1 aliphatic rings. The van der Waals surface area contributed by atoms with E-state index in [0.29, 0.717) is 0 Å². The molecule has 0 unspecified atom stereocenters. The third-order valence-corrected chi connectivity index (χ3v) is 5.32. The molecule has 0 saturated carbocycles. The molecular formula is C25H33NO. The van der Waals surface area contributed by atoms with Crippen LogP contribution in [0.1, 0.15) is 43.2 Å². The molecule has 1 fully saturated rings. The van der Waals surface area contributed by atoms with Crippen molar-refractivity contribution in [3.05, 3.63) is 77.9 Å². The van der Waals surface area contributed by atoms with Crippen LogP contribution in [0, 0.1) is 0 Å². The van der Waals surface area contributed by atoms with E-state index < -0.39 is 0 Å². The lowest BCUT2D eigenvalue weighted by molar-refractivity contribution is 0.0372. The molecule has 0 radical (unpaired) electrons. The Morgan fingerprint density at radius 3 is 2.30 bits per heavy atom. The van der Waals surface area contributed by atoms with Crippen molar-refractivity contribution in [2.45, 2.75) is 38.5 Å². The second-order valence-corrected chi connectivity index (χ2v) is 7.38. The molecule has 3 rings (SSSR count). The van der Waals surface area contributed by atoms with Gasteiger partial charge in [0, 0.05) is 13.1 Å². The Morgan fingerprint density at radius 2 is 1.56 bits per heavy atom. The van der Waals surface area contributed by atoms with Gasteiger partial charge in [-0.05, 0) is 61.8 Å². The maximum Gasteiger partial charge on any atom is 0.0594 e. The number of nitrogens with zero attached hydrogens (tertiary/aromatic N) is 1. The number of unbranched alkanes of at least 4 members (excludes halogenated alkanes) is 2. The summed E-state index contributed by atoms with van der Waals surface area (Å²) in [5, 5.41) is 0. The van der Waals surface area contributed by atoms with Gasteiger partial charge >= 0.3 is 0 Å². The second kappa shape index (κ2) is 11.7. The number of rotatable bonds is 10. The molecule has 2 aromatic rings. The zero-order chi connectivity index (χ0) is 18.6. The number of aryl methyl sites for hydroxylation is 1. The van der Waals surface area contributed by atoms with Crippen molar-refractivity contribution in [2.24, 2.45) is 0 Å². The van der Waals surface area contributed by atoms with E-state index in [4.69, 9.17) is 4.74 Å². The number of benzene rings is 2. The molecule has 27 heavy (non-hydrogen) atoms. The Morgan fingerprint density at radius 1 is 0.852 bits per heavy atom. The van der Waals surface area contributed by atoms with Crippen LogP contribution in [-0.4, -0.2) is 37.7 Å². The van der Waals surface area contributed by atoms with Gasteiger partial charge in [-0.3, -0.25) is 4.90 Å². The summed E-state index contributed by atoms with van der Waals surface area (Å²) in [4.78, 5) is 2.53. The number of ether oxygens (including phenoxy) is 1. The molecule has 1 aliphatic heterocycles. The molecule has 0 spiro atoms. The molecule has 2 nitrogen and oxygen atoms in total. The lowest BCUT2D eigenvalue weighted by Gasteiger charge is -2.26. The number of hydrogen-bond donors (Lipinski definition) is 0. The van der Waals surface area contributed by atoms with Crippen molar-refractivity contribution in [1.82, 2.24) is 4.90 Å². The van der Waals surface area contributed by atoms with Crippen molar-refractivity contribution in [3.63, 3.8) is 0 Å². The zero-order valence-electron chi connectivity index (χ0n) is 16.5. The highest BCUT2D eigenvalue weighted by Crippen LogP contribution is 2.22. The van der Waals surface area contributed by atoms with E-state index in [2.05, 4.69) is 71.6 Å². The molecular weight excluding hydrogens is 330 g/mol. The first-order chi connectivity index (χ1) is 13.4. The monoisotopic (exact) mass is 363 g/mol. The quantitative estimate of drug-likeness (QED) is 0.510. The minimum absolute atomic E-state index is 0.902. The molecule has 0 aromatic heterocycles. The zero-order valence-corrected chi connectivity index (χ0v) is 16.5. The maximum atomic E-state index is 5.43. The predicted octanol–water partition coefficient (Wildman–Crippen LogP) is 5.60. The van der Waals surface area contributed by atoms with Crippen molar-refractivity contribution in [1.29, 1.82) is 0 Å². The van der Waals surface area contributed by atoms with Gasteiger partial charge in [0.05, 0.1) is 13.2 Å². The lowest BCUT2D eigenvalue weighted by atomic mass is 9.97. The summed E-state index contributed by atoms with van der Waals surface area (Å²) < 4.78 is 5.43. The van der Waals surface area contributed by atoms with Crippen LogP contribution in [0.25, 0.3) is 5.57 Å². The average Bonchev–Trinajstić information content (AvgIpc) is 2.74. The van der Waals surface area contributed by atoms with Crippen LogP contribution in [0.2, 0.25) is 0 Å². The van der Waals surface area contributed by atoms with Crippen molar-refractivity contribution >= 4 is 5.57 Å². The summed E-state index contributed by atoms with van der Waals surface area (Å²) >= 11 is 0. The fourth-order valence-corrected chi connectivity index (χ4v) is 3.72. The van der Waals surface area contributed by atoms with E-state index in [1.807, 2.05) is 0 Å². The predicted molar refractivity (Wildman–Crippen MR) is 115 cm³/mol. The Balaban J connectivity index is 1.46. The first kappa shape index (κ1) is 19.9. The number of morpholine rings is 1. The van der Waals surface area contributed by atoms with E-state index in [9.17, 15) is 0 Å². The molecule has 0 N–H and O–H groups in total. The Hall–Kier alpha value is -1.90. The highest BCUT2D eigenvalue weighted by molar-refractivity contribution is 5.65. The minimum atomic E-state index is 0.902. The Labute approximate surface area is 164 Å². The summed E-state index contributed by atoms with van der Waals surface area (Å²) in [6, 6.07) is 21.7. The van der Waals surface area contributed by atoms with Crippen LogP contribution in [0.15, 0.2) is 66.7 Å². The third-order valence-electron chi connectivity index (χ3n) is 5.32. The van der Waals surface area contributed by atoms with Crippen LogP contribution < -0.4 is 0 Å². The first-order valence-electron chi connectivity index (χ1n) is 10.5. The van der Waals surface area contributed by atoms with Gasteiger partial charge in [-0.25, -0.2) is 0 Å². The summed E-state index contributed by atoms with van der Waals surface area (Å²) in [6.07, 6.45) is 9.73. The van der Waals surface area contributed by atoms with E-state index in [1.165, 1.54) is 48.9 Å². The number of hydrogen-bond acceptors (Lipinski definition) is 2. The van der Waals surface area contributed by atoms with Crippen molar-refractivity contribution in [2.75, 3.05) is 32.8 Å². The van der Waals surface area contributed by atoms with E-state index >= 15 is 0 Å². The van der Waals surface area contributed by atoms with Crippen LogP contribution in [0.4, 0.5) is 0 Å². The average molecular weight is 364 g/mol. The summed E-state index contributed by atoms with van der Waals surface area (Å²) in [6.45, 7) is 5.22. The summed E-state index contributed by atoms with van der Waals surface area (Å²) in [5.74, 6) is 0. The Kier molecular flexibility index (Phi) is 8.63. The van der Waals surface area contributed by atoms with E-state index in [-0.39, 0.29) is 0 Å². The first-order valence-corrected chi connectivity index (χ1v) is 10.5. The maximum absolute atomic E-state index is 5.43. The van der Waals surface area contributed by atoms with Crippen LogP contribution in [0.3, 0.4) is 0 Å². The molecule has 1 saturated heterocycles. The fraction of sp³-hybridized carbons (Fsp3) is 0.440. The van der Waals surface area contributed by atoms with Crippen molar-refractivity contribution < 1.29 is 4.74 Å². The van der Waals surface area contributed by atoms with Gasteiger partial charge < -0.3 is 4.74 Å². The van der Waals surface area contributed by atoms with Gasteiger partial charge in [0.25, 0.3) is 0 Å². The van der Waals surface area contributed by atoms with Gasteiger partial charge in [-0.15, -0.1) is 0 Å². The number of allylic oxidation sites excluding steroid dienone is 2. The molecule has 2 heteroatoms. The van der Waals surface area contributed by atoms with Gasteiger partial charge in [0.15, 0.2) is 0 Å². The lowest BCUT2D eigenvalue weighted by Crippen LogP contribution is -2.36. The summed E-state index contributed by atoms with van der Waals surface area (Å²) in [5.41, 5.74) is 4.34. The normalized spacial score (nSPS) is 15.8. The summed E-state index contributed by atoms with van der Waals surface area (Å²) in [7, 11) is 0. The van der Waals surface area contributed by atoms with Gasteiger partial charge in [0.1, 0.15) is 0 Å². The highest BCUT2D eigenvalue weighted by Gasteiger charge is 2.09. The van der Waals surface area contributed by atoms with Gasteiger partial charge in [0.2, 0.25) is 0 Å². The standard InChI is InChI=1S/C25H33NO/c1-4-11-23(12-5-1)13-10-17-25(24-14-6-2-7-15-24)16-8-3-9-18-26-19-21-27-22-20-26/h1-2,4-7,11-12,14-16H,3,8-10,13,17-22H2. The molecule has 0 amide bonds. The van der Waals surface area contributed by atoms with Crippen LogP contribution in [-0.2, 0) is 11.2 Å². The third kappa shape index (κ3) is 7.32. The largest absolute Gasteiger partial charge is 0.379 e. The molecule has 2 aromatic carbocycles. The van der Waals surface area contributed by atoms with Gasteiger partial charge in [-0.2, -0.15) is 0 Å². The smallest absolute Gasteiger partial charge is 0.0594 e.